The number of benzene rings is 1. The van der Waals surface area contributed by atoms with E-state index in [-0.39, 0.29) is 18.3 Å². The molecule has 0 unspecified atom stereocenters. The summed E-state index contributed by atoms with van der Waals surface area (Å²) in [5.41, 5.74) is 2.08. The topological polar surface area (TPSA) is 111 Å². The summed E-state index contributed by atoms with van der Waals surface area (Å²) in [7, 11) is 0. The minimum Gasteiger partial charge on any atom is -0.480 e. The van der Waals surface area contributed by atoms with Gasteiger partial charge < -0.3 is 19.9 Å². The molecule has 30 heavy (non-hydrogen) atoms. The van der Waals surface area contributed by atoms with E-state index >= 15 is 0 Å². The van der Waals surface area contributed by atoms with Crippen LogP contribution in [0.25, 0.3) is 17.1 Å². The van der Waals surface area contributed by atoms with Crippen LogP contribution in [0.4, 0.5) is 10.3 Å². The van der Waals surface area contributed by atoms with Crippen LogP contribution in [0.15, 0.2) is 54.9 Å². The molecule has 0 atom stereocenters. The number of imidazole rings is 1. The molecule has 3 heterocycles. The molecule has 1 aliphatic heterocycles. The fourth-order valence-electron chi connectivity index (χ4n) is 2.85. The van der Waals surface area contributed by atoms with Crippen molar-refractivity contribution in [3.8, 4) is 17.1 Å². The van der Waals surface area contributed by atoms with E-state index in [1.165, 1.54) is 18.3 Å². The lowest BCUT2D eigenvalue weighted by Gasteiger charge is -2.24. The second-order valence-electron chi connectivity index (χ2n) is 6.55. The van der Waals surface area contributed by atoms with Crippen molar-refractivity contribution in [2.24, 2.45) is 0 Å². The third kappa shape index (κ3) is 4.34. The van der Waals surface area contributed by atoms with Crippen LogP contribution in [0.1, 0.15) is 12.1 Å². The predicted molar refractivity (Wildman–Crippen MR) is 104 cm³/mol. The first-order chi connectivity index (χ1) is 14.5. The van der Waals surface area contributed by atoms with Gasteiger partial charge in [-0.15, -0.1) is 0 Å². The Kier molecular flexibility index (Phi) is 5.50. The average molecular weight is 411 g/mol. The SMILES string of the molecule is C=C1COC(c2nc(-c3ccc(F)cc3)cn2-c2ccnc(NCC(=O)O)n2)OC1. The van der Waals surface area contributed by atoms with Gasteiger partial charge in [-0.05, 0) is 35.9 Å². The van der Waals surface area contributed by atoms with Gasteiger partial charge in [-0.1, -0.05) is 6.58 Å². The summed E-state index contributed by atoms with van der Waals surface area (Å²) in [5, 5.41) is 11.5. The Morgan fingerprint density at radius 3 is 2.67 bits per heavy atom. The molecule has 1 fully saturated rings. The minimum atomic E-state index is -1.03. The van der Waals surface area contributed by atoms with Gasteiger partial charge in [0, 0.05) is 18.0 Å². The van der Waals surface area contributed by atoms with Gasteiger partial charge in [0.05, 0.1) is 18.9 Å². The number of nitrogens with one attached hydrogen (secondary N) is 1. The van der Waals surface area contributed by atoms with Gasteiger partial charge in [0.1, 0.15) is 18.2 Å². The average Bonchev–Trinajstić information content (AvgIpc) is 3.19. The number of carboxylic acids is 1. The van der Waals surface area contributed by atoms with Crippen molar-refractivity contribution >= 4 is 11.9 Å². The fraction of sp³-hybridized carbons (Fsp3) is 0.200. The molecule has 9 nitrogen and oxygen atoms in total. The molecule has 4 rings (SSSR count). The summed E-state index contributed by atoms with van der Waals surface area (Å²) in [4.78, 5) is 23.8. The molecule has 1 saturated heterocycles. The van der Waals surface area contributed by atoms with Gasteiger partial charge in [-0.25, -0.2) is 14.4 Å². The van der Waals surface area contributed by atoms with Gasteiger partial charge in [0.25, 0.3) is 0 Å². The van der Waals surface area contributed by atoms with E-state index in [0.29, 0.717) is 36.1 Å². The molecule has 0 saturated carbocycles. The molecule has 10 heteroatoms. The van der Waals surface area contributed by atoms with Crippen LogP contribution < -0.4 is 5.32 Å². The lowest BCUT2D eigenvalue weighted by Crippen LogP contribution is -2.23. The fourth-order valence-corrected chi connectivity index (χ4v) is 2.85. The zero-order valence-electron chi connectivity index (χ0n) is 15.8. The number of carbonyl (C=O) groups is 1. The number of aliphatic carboxylic acids is 1. The van der Waals surface area contributed by atoms with Crippen LogP contribution in [-0.4, -0.2) is 50.4 Å². The summed E-state index contributed by atoms with van der Waals surface area (Å²) in [6.45, 7) is 4.18. The van der Waals surface area contributed by atoms with Crippen molar-refractivity contribution in [1.82, 2.24) is 19.5 Å². The molecule has 0 amide bonds. The van der Waals surface area contributed by atoms with Gasteiger partial charge in [0.2, 0.25) is 12.2 Å². The highest BCUT2D eigenvalue weighted by Gasteiger charge is 2.26. The summed E-state index contributed by atoms with van der Waals surface area (Å²) in [5.74, 6) is -0.359. The number of aromatic nitrogens is 4. The van der Waals surface area contributed by atoms with Crippen molar-refractivity contribution in [3.05, 3.63) is 66.5 Å². The highest BCUT2D eigenvalue weighted by atomic mass is 19.1. The molecule has 1 aromatic carbocycles. The van der Waals surface area contributed by atoms with Crippen molar-refractivity contribution < 1.29 is 23.8 Å². The first-order valence-corrected chi connectivity index (χ1v) is 9.04. The van der Waals surface area contributed by atoms with E-state index in [1.807, 2.05) is 0 Å². The van der Waals surface area contributed by atoms with Gasteiger partial charge in [-0.3, -0.25) is 9.36 Å². The maximum Gasteiger partial charge on any atom is 0.322 e. The lowest BCUT2D eigenvalue weighted by atomic mass is 10.2. The van der Waals surface area contributed by atoms with Crippen molar-refractivity contribution in [3.63, 3.8) is 0 Å². The molecule has 0 aliphatic carbocycles. The minimum absolute atomic E-state index is 0.150. The Morgan fingerprint density at radius 1 is 1.23 bits per heavy atom. The summed E-state index contributed by atoms with van der Waals surface area (Å²) in [6, 6.07) is 7.59. The Labute approximate surface area is 170 Å². The van der Waals surface area contributed by atoms with E-state index in [1.54, 1.807) is 29.0 Å². The Balaban J connectivity index is 1.73. The molecule has 0 bridgehead atoms. The molecule has 0 radical (unpaired) electrons. The Hall–Kier alpha value is -3.63. The highest BCUT2D eigenvalue weighted by Crippen LogP contribution is 2.29. The van der Waals surface area contributed by atoms with E-state index < -0.39 is 12.3 Å². The Morgan fingerprint density at radius 2 is 1.97 bits per heavy atom. The number of ether oxygens (including phenoxy) is 2. The first-order valence-electron chi connectivity index (χ1n) is 9.04. The van der Waals surface area contributed by atoms with Crippen LogP contribution in [0.3, 0.4) is 0 Å². The number of carboxylic acid groups (broad SMARTS) is 1. The highest BCUT2D eigenvalue weighted by molar-refractivity contribution is 5.71. The third-order valence-electron chi connectivity index (χ3n) is 4.25. The zero-order chi connectivity index (χ0) is 21.1. The van der Waals surface area contributed by atoms with Crippen LogP contribution in [0, 0.1) is 5.82 Å². The molecule has 2 aromatic heterocycles. The number of rotatable bonds is 6. The maximum absolute atomic E-state index is 13.3. The predicted octanol–water partition coefficient (Wildman–Crippen LogP) is 2.57. The summed E-state index contributed by atoms with van der Waals surface area (Å²) in [6.07, 6.45) is 2.47. The maximum atomic E-state index is 13.3. The number of hydrogen-bond acceptors (Lipinski definition) is 7. The number of anilines is 1. The van der Waals surface area contributed by atoms with Gasteiger partial charge in [-0.2, -0.15) is 4.98 Å². The monoisotopic (exact) mass is 411 g/mol. The standard InChI is InChI=1S/C20H18FN5O4/c1-12-10-29-19(30-11-12)18-24-15(13-2-4-14(21)5-3-13)9-26(18)16-6-7-22-20(25-16)23-8-17(27)28/h2-7,9,19H,1,8,10-11H2,(H,27,28)(H,22,23,25). The van der Waals surface area contributed by atoms with Crippen LogP contribution in [0.5, 0.6) is 0 Å². The van der Waals surface area contributed by atoms with E-state index in [9.17, 15) is 9.18 Å². The molecule has 154 valence electrons. The zero-order valence-corrected chi connectivity index (χ0v) is 15.8. The van der Waals surface area contributed by atoms with Crippen molar-refractivity contribution in [2.75, 3.05) is 25.1 Å². The number of nitrogens with zero attached hydrogens (tertiary/aromatic N) is 4. The normalized spacial score (nSPS) is 14.6. The largest absolute Gasteiger partial charge is 0.480 e. The van der Waals surface area contributed by atoms with Gasteiger partial charge in [0.15, 0.2) is 5.82 Å². The molecule has 2 N–H and O–H groups in total. The number of hydrogen-bond donors (Lipinski definition) is 2. The summed E-state index contributed by atoms with van der Waals surface area (Å²) < 4.78 is 26.4. The second kappa shape index (κ2) is 8.39. The lowest BCUT2D eigenvalue weighted by molar-refractivity contribution is -0.166. The molecule has 0 spiro atoms. The van der Waals surface area contributed by atoms with Crippen molar-refractivity contribution in [1.29, 1.82) is 0 Å². The van der Waals surface area contributed by atoms with E-state index in [4.69, 9.17) is 14.6 Å². The second-order valence-corrected chi connectivity index (χ2v) is 6.55. The molecule has 1 aliphatic rings. The number of halogens is 1. The molecular formula is C20H18FN5O4. The van der Waals surface area contributed by atoms with Crippen LogP contribution in [-0.2, 0) is 14.3 Å². The van der Waals surface area contributed by atoms with Crippen molar-refractivity contribution in [2.45, 2.75) is 6.29 Å². The quantitative estimate of drug-likeness (QED) is 0.596. The molecule has 3 aromatic rings. The third-order valence-corrected chi connectivity index (χ3v) is 4.25. The smallest absolute Gasteiger partial charge is 0.322 e. The van der Waals surface area contributed by atoms with Gasteiger partial charge >= 0.3 is 5.97 Å². The Bertz CT molecular complexity index is 1070. The van der Waals surface area contributed by atoms with E-state index in [0.717, 1.165) is 5.57 Å². The summed E-state index contributed by atoms with van der Waals surface area (Å²) >= 11 is 0. The molecular weight excluding hydrogens is 393 g/mol. The first kappa shape index (κ1) is 19.7. The van der Waals surface area contributed by atoms with Crippen LogP contribution in [0.2, 0.25) is 0 Å². The van der Waals surface area contributed by atoms with E-state index in [2.05, 4.69) is 26.8 Å². The van der Waals surface area contributed by atoms with Crippen LogP contribution >= 0.6 is 0 Å².